The van der Waals surface area contributed by atoms with E-state index in [9.17, 15) is 62.6 Å². The number of carbonyl (C=O) groups excluding carboxylic acids is 12. The molecule has 4 aliphatic rings. The van der Waals surface area contributed by atoms with Crippen LogP contribution in [0.1, 0.15) is 190 Å². The zero-order valence-corrected chi connectivity index (χ0v) is 76.9. The number of nitrogens with two attached hydrogens (primary N) is 1. The number of ether oxygens (including phenoxy) is 8. The lowest BCUT2D eigenvalue weighted by Gasteiger charge is -2.41. The van der Waals surface area contributed by atoms with E-state index >= 15 is 0 Å². The molecule has 0 aromatic heterocycles. The van der Waals surface area contributed by atoms with Crippen LogP contribution in [0, 0.1) is 76.9 Å². The molecule has 0 bridgehead atoms. The predicted molar refractivity (Wildman–Crippen MR) is 474 cm³/mol. The van der Waals surface area contributed by atoms with Crippen LogP contribution in [-0.4, -0.2) is 258 Å². The minimum Gasteiger partial charge on any atom is -0.449 e. The van der Waals surface area contributed by atoms with Crippen LogP contribution < -0.4 is 48.3 Å². The standard InChI is InChI=1S/C92H145N13O21/c1-17-20-33-66-67(34-21-18-2)70(66)55-124-88(114)95-44-47-104(48-45-96-89(115)125-56-71-68-35-27-22-23-28-36-69(68)71)92(118)123-52-50-121-49-51-122-90(116)101-76(57(4)5)84(110)99-72(37-29-43-94-87(93)113)83(109)98-65-41-39-63(40-42-65)54-126-91(117)103(14)78(59(8)9)85(111)100-77(58(6)7)86(112)102(13)79(60(10)19-3)74(119-15)53-75(106)105-46-30-38-73(105)81(120-16)61(11)82(108)97-62(12)80(107)64-31-25-24-26-32-64/h17,24-26,31-32,39-42,57-62,66-74,76-81,107H,1,18-21,27-30,33-38,43-56H2,2-16H3,(H,95,114)(H,96,115)(H,97,108)(H,98,109)(H,99,110)(H,100,111)(H,101,116)(H3,93,94,113)/t60-,61+,62+,66-,67+,68-,69+,70-,71-,72-,73-,74+,76-,77-,78-,79-,80+,81+/m0/s1. The quantitative estimate of drug-likeness (QED) is 0.0127. The lowest BCUT2D eigenvalue weighted by Crippen LogP contribution is -2.60. The third-order valence-corrected chi connectivity index (χ3v) is 24.7. The number of methoxy groups -OCH3 is 2. The van der Waals surface area contributed by atoms with Crippen molar-refractivity contribution in [2.75, 3.05) is 113 Å². The average molecular weight is 1770 g/mol. The minimum atomic E-state index is -1.21. The van der Waals surface area contributed by atoms with Crippen molar-refractivity contribution in [3.05, 3.63) is 78.4 Å². The van der Waals surface area contributed by atoms with Crippen molar-refractivity contribution in [1.29, 1.82) is 0 Å². The van der Waals surface area contributed by atoms with Gasteiger partial charge in [-0.25, -0.2) is 28.8 Å². The molecule has 13 amide bonds. The van der Waals surface area contributed by atoms with Gasteiger partial charge in [-0.05, 0) is 147 Å². The molecule has 3 aliphatic carbocycles. The second-order valence-corrected chi connectivity index (χ2v) is 34.7. The monoisotopic (exact) mass is 1770 g/mol. The normalized spacial score (nSPS) is 20.0. The molecule has 2 aromatic rings. The Balaban J connectivity index is 0.967. The van der Waals surface area contributed by atoms with Gasteiger partial charge in [-0.2, -0.15) is 0 Å². The van der Waals surface area contributed by atoms with Gasteiger partial charge in [-0.1, -0.05) is 137 Å². The second-order valence-electron chi connectivity index (χ2n) is 34.7. The number of nitrogens with one attached hydrogen (secondary N) is 8. The van der Waals surface area contributed by atoms with E-state index < -0.39 is 144 Å². The maximum atomic E-state index is 14.9. The molecular weight excluding hydrogens is 1620 g/mol. The zero-order chi connectivity index (χ0) is 92.7. The van der Waals surface area contributed by atoms with Gasteiger partial charge < -0.3 is 106 Å². The number of anilines is 1. The van der Waals surface area contributed by atoms with Crippen molar-refractivity contribution in [1.82, 2.24) is 56.8 Å². The number of likely N-dealkylation sites (N-methyl/N-ethyl adjacent to an activating group) is 2. The number of nitrogens with zero attached hydrogens (tertiary/aromatic N) is 4. The Bertz CT molecular complexity index is 3850. The summed E-state index contributed by atoms with van der Waals surface area (Å²) in [5.41, 5.74) is 6.75. The first-order valence-electron chi connectivity index (χ1n) is 45.1. The van der Waals surface area contributed by atoms with Crippen LogP contribution in [0.15, 0.2) is 67.3 Å². The fourth-order valence-electron chi connectivity index (χ4n) is 17.2. The number of aliphatic hydroxyl groups excluding tert-OH is 1. The lowest BCUT2D eigenvalue weighted by molar-refractivity contribution is -0.148. The number of amides is 13. The molecule has 0 unspecified atom stereocenters. The van der Waals surface area contributed by atoms with Gasteiger partial charge in [0.15, 0.2) is 0 Å². The molecule has 34 nitrogen and oxygen atoms in total. The Morgan fingerprint density at radius 1 is 0.619 bits per heavy atom. The van der Waals surface area contributed by atoms with Gasteiger partial charge in [0.25, 0.3) is 0 Å². The van der Waals surface area contributed by atoms with E-state index in [1.54, 1.807) is 109 Å². The summed E-state index contributed by atoms with van der Waals surface area (Å²) >= 11 is 0. The van der Waals surface area contributed by atoms with Gasteiger partial charge in [-0.3, -0.25) is 33.7 Å². The van der Waals surface area contributed by atoms with Crippen molar-refractivity contribution in [2.45, 2.75) is 240 Å². The molecule has 126 heavy (non-hydrogen) atoms. The molecule has 11 N–H and O–H groups in total. The summed E-state index contributed by atoms with van der Waals surface area (Å²) in [6.45, 7) is 24.1. The van der Waals surface area contributed by atoms with E-state index in [2.05, 4.69) is 67.9 Å². The number of unbranched alkanes of at least 4 members (excludes halogenated alkanes) is 1. The topological polar surface area (TPSA) is 434 Å². The van der Waals surface area contributed by atoms with Crippen molar-refractivity contribution >= 4 is 77.6 Å². The fourth-order valence-corrected chi connectivity index (χ4v) is 17.2. The van der Waals surface area contributed by atoms with Gasteiger partial charge in [0, 0.05) is 86.1 Å². The highest BCUT2D eigenvalue weighted by molar-refractivity contribution is 5.98. The van der Waals surface area contributed by atoms with Crippen LogP contribution in [0.5, 0.6) is 0 Å². The van der Waals surface area contributed by atoms with Gasteiger partial charge >= 0.3 is 36.5 Å². The first-order chi connectivity index (χ1) is 60.2. The number of hydrogen-bond donors (Lipinski definition) is 10. The third kappa shape index (κ3) is 33.3. The van der Waals surface area contributed by atoms with E-state index in [1.807, 2.05) is 38.1 Å². The fraction of sp³-hybridized carbons (Fsp3) is 0.696. The Morgan fingerprint density at radius 2 is 1.24 bits per heavy atom. The summed E-state index contributed by atoms with van der Waals surface area (Å²) in [5, 5.41) is 32.9. The van der Waals surface area contributed by atoms with Crippen molar-refractivity contribution in [3.8, 4) is 11.8 Å². The molecule has 2 saturated carbocycles. The molecule has 1 heterocycles. The summed E-state index contributed by atoms with van der Waals surface area (Å²) in [5.74, 6) is 3.62. The van der Waals surface area contributed by atoms with E-state index in [1.165, 1.54) is 26.2 Å². The summed E-state index contributed by atoms with van der Waals surface area (Å²) < 4.78 is 45.5. The molecule has 18 atom stereocenters. The predicted octanol–water partition coefficient (Wildman–Crippen LogP) is 9.57. The number of carbonyl (C=O) groups is 12. The highest BCUT2D eigenvalue weighted by atomic mass is 16.6. The number of alkyl carbamates (subject to hydrolysis) is 3. The van der Waals surface area contributed by atoms with Crippen LogP contribution in [0.3, 0.4) is 0 Å². The molecular formula is C92H145N13O21. The highest BCUT2D eigenvalue weighted by Crippen LogP contribution is 2.53. The Kier molecular flexibility index (Phi) is 45.1. The Morgan fingerprint density at radius 3 is 1.82 bits per heavy atom. The molecule has 2 aromatic carbocycles. The molecule has 34 heteroatoms. The third-order valence-electron chi connectivity index (χ3n) is 24.7. The van der Waals surface area contributed by atoms with Gasteiger partial charge in [0.05, 0.1) is 75.2 Å². The van der Waals surface area contributed by atoms with Crippen molar-refractivity contribution in [2.24, 2.45) is 70.8 Å². The molecule has 0 radical (unpaired) electrons. The molecule has 1 aliphatic heterocycles. The number of primary amides is 1. The maximum Gasteiger partial charge on any atom is 0.410 e. The van der Waals surface area contributed by atoms with Crippen LogP contribution in [0.2, 0.25) is 0 Å². The summed E-state index contributed by atoms with van der Waals surface area (Å²) in [7, 11) is 6.06. The summed E-state index contributed by atoms with van der Waals surface area (Å²) in [4.78, 5) is 169. The molecule has 0 spiro atoms. The Hall–Kier alpha value is -9.98. The zero-order valence-electron chi connectivity index (χ0n) is 76.9. The van der Waals surface area contributed by atoms with Crippen LogP contribution in [0.4, 0.5) is 34.5 Å². The van der Waals surface area contributed by atoms with Gasteiger partial charge in [-0.15, -0.1) is 18.4 Å². The smallest absolute Gasteiger partial charge is 0.410 e. The first-order valence-corrected chi connectivity index (χ1v) is 45.1. The van der Waals surface area contributed by atoms with Crippen LogP contribution in [0.25, 0.3) is 0 Å². The van der Waals surface area contributed by atoms with E-state index in [-0.39, 0.29) is 103 Å². The van der Waals surface area contributed by atoms with Crippen molar-refractivity contribution < 1.29 is 101 Å². The highest BCUT2D eigenvalue weighted by Gasteiger charge is 2.51. The number of allylic oxidation sites excluding steroid dienone is 1. The number of benzene rings is 2. The summed E-state index contributed by atoms with van der Waals surface area (Å²) in [6, 6.07) is 8.22. The first kappa shape index (κ1) is 105. The number of hydrogen-bond acceptors (Lipinski definition) is 21. The lowest BCUT2D eigenvalue weighted by atomic mass is 9.89. The largest absolute Gasteiger partial charge is 0.449 e. The Labute approximate surface area is 744 Å². The van der Waals surface area contributed by atoms with Crippen LogP contribution >= 0.6 is 0 Å². The number of fused-ring (bicyclic) bond motifs is 1. The summed E-state index contributed by atoms with van der Waals surface area (Å²) in [6.07, 6.45) is 6.52. The van der Waals surface area contributed by atoms with E-state index in [0.29, 0.717) is 91.3 Å². The molecule has 704 valence electrons. The number of likely N-dealkylation sites (tertiary alicyclic amines) is 1. The molecule has 1 saturated heterocycles. The second kappa shape index (κ2) is 54.3. The number of aliphatic hydroxyl groups is 1. The maximum absolute atomic E-state index is 14.9. The van der Waals surface area contributed by atoms with Crippen molar-refractivity contribution in [3.63, 3.8) is 0 Å². The average Bonchev–Trinajstić information content (AvgIpc) is 1.63. The van der Waals surface area contributed by atoms with Gasteiger partial charge in [0.1, 0.15) is 44.0 Å². The SMILES string of the molecule is C=CCC[C@H]1[C@@H](CCCC)[C@H]1COC(=O)NCCN(CCNC(=O)OC[C@@H]1[C@@H]2CCC#CCC[C@@H]21)C(=O)OCCOCCOC(=O)N[C@H](C(=O)N[C@@H](CCCNC(N)=O)C(=O)Nc1ccc(COC(=O)N(C)[C@H](C(=O)N[C@H](C(=O)N(C)[C@@H]([C@@H](C)CC)[C@@H](CC(=O)N2CCC[C@H]2[C@H](OC)[C@@H](C)C(=O)N[C@H](C)[C@@H](O)c2ccccc2)OC)C(C)C)C(C)C)cc1)C(C)C. The van der Waals surface area contributed by atoms with E-state index in [4.69, 9.17) is 43.6 Å². The molecule has 3 fully saturated rings. The number of urea groups is 1. The van der Waals surface area contributed by atoms with Crippen LogP contribution in [-0.2, 0) is 73.3 Å². The minimum absolute atomic E-state index is 0.0153. The number of rotatable bonds is 54. The molecule has 6 rings (SSSR count). The van der Waals surface area contributed by atoms with Gasteiger partial charge in [0.2, 0.25) is 35.4 Å². The van der Waals surface area contributed by atoms with E-state index in [0.717, 1.165) is 62.7 Å².